The van der Waals surface area contributed by atoms with E-state index < -0.39 is 65.0 Å². The smallest absolute Gasteiger partial charge is 0.744 e. The van der Waals surface area contributed by atoms with Gasteiger partial charge in [-0.15, -0.1) is 26.3 Å². The molecule has 2 rings (SSSR count). The molecule has 2 aromatic carbocycles. The predicted octanol–water partition coefficient (Wildman–Crippen LogP) is 34.9. The van der Waals surface area contributed by atoms with Crippen molar-refractivity contribution in [3.8, 4) is 0 Å². The van der Waals surface area contributed by atoms with Crippen LogP contribution in [0.3, 0.4) is 0 Å². The standard InChI is InChI=1S/2C56H98O7S.Ca/c2*1-3-5-7-9-11-13-15-17-19-21-23-25-27-29-31-33-35-37-39-41-43-45-50-62-55(57)52-48-47-49-53(64(59,60)61)54(52)56(58)63-51-46-44-42-40-38-36-34-32-30-28-26-24-22-20-18-16-14-12-10-8-6-4-2;/h2*3-4,47-49H,1-2,5-46,50-51H2,(H,59,60,61);/q;;+2/p-2. The summed E-state index contributed by atoms with van der Waals surface area (Å²) in [5.41, 5.74) is -1.53. The summed E-state index contributed by atoms with van der Waals surface area (Å²) < 4.78 is 94.0. The minimum Gasteiger partial charge on any atom is -0.744 e. The van der Waals surface area contributed by atoms with Crippen LogP contribution in [0.5, 0.6) is 0 Å². The van der Waals surface area contributed by atoms with Crippen LogP contribution in [-0.2, 0) is 39.2 Å². The van der Waals surface area contributed by atoms with Crippen LogP contribution < -0.4 is 0 Å². The number of esters is 4. The van der Waals surface area contributed by atoms with E-state index in [1.807, 2.05) is 24.3 Å². The Balaban J connectivity index is 0.00000252. The molecule has 0 aliphatic heterocycles. The Morgan fingerprint density at radius 2 is 0.333 bits per heavy atom. The molecule has 0 aliphatic rings. The number of carbonyl (C=O) groups excluding carboxylic acids is 4. The van der Waals surface area contributed by atoms with Crippen LogP contribution in [-0.4, -0.2) is 114 Å². The molecule has 0 aliphatic carbocycles. The van der Waals surface area contributed by atoms with Gasteiger partial charge in [0.25, 0.3) is 0 Å². The van der Waals surface area contributed by atoms with Crippen molar-refractivity contribution in [2.24, 2.45) is 0 Å². The Morgan fingerprint density at radius 1 is 0.209 bits per heavy atom. The zero-order chi connectivity index (χ0) is 92.9. The second-order valence-corrected chi connectivity index (χ2v) is 40.1. The summed E-state index contributed by atoms with van der Waals surface area (Å²) in [5.74, 6) is -3.60. The van der Waals surface area contributed by atoms with Crippen molar-refractivity contribution in [3.05, 3.63) is 109 Å². The Morgan fingerprint density at radius 3 is 0.465 bits per heavy atom. The molecular formula is C112H194CaO14S2. The maximum Gasteiger partial charge on any atom is 2.00 e. The molecule has 14 nitrogen and oxygen atoms in total. The molecule has 0 amide bonds. The van der Waals surface area contributed by atoms with E-state index in [4.69, 9.17) is 18.9 Å². The number of benzene rings is 2. The van der Waals surface area contributed by atoms with Crippen molar-refractivity contribution >= 4 is 81.9 Å². The van der Waals surface area contributed by atoms with Crippen LogP contribution in [0.2, 0.25) is 0 Å². The normalized spacial score (nSPS) is 11.4. The fraction of sp³-hybridized carbons (Fsp3) is 0.786. The molecule has 0 fully saturated rings. The molecule has 129 heavy (non-hydrogen) atoms. The van der Waals surface area contributed by atoms with Crippen LogP contribution in [0.4, 0.5) is 0 Å². The summed E-state index contributed by atoms with van der Waals surface area (Å²) in [7, 11) is -10.0. The number of unbranched alkanes of at least 4 members (excludes halogenated alkanes) is 80. The maximum absolute atomic E-state index is 13.1. The first-order chi connectivity index (χ1) is 62.6. The summed E-state index contributed by atoms with van der Waals surface area (Å²) in [4.78, 5) is 50.7. The van der Waals surface area contributed by atoms with Crippen LogP contribution >= 0.6 is 0 Å². The van der Waals surface area contributed by atoms with Gasteiger partial charge < -0.3 is 28.1 Å². The van der Waals surface area contributed by atoms with E-state index in [0.717, 1.165) is 115 Å². The summed E-state index contributed by atoms with van der Waals surface area (Å²) >= 11 is 0. The van der Waals surface area contributed by atoms with Crippen molar-refractivity contribution in [2.75, 3.05) is 26.4 Å². The molecule has 0 saturated heterocycles. The average Bonchev–Trinajstić information content (AvgIpc) is 0.794. The second kappa shape index (κ2) is 96.1. The number of ether oxygens (including phenoxy) is 4. The molecule has 0 unspecified atom stereocenters. The predicted molar refractivity (Wildman–Crippen MR) is 544 cm³/mol. The topological polar surface area (TPSA) is 220 Å². The summed E-state index contributed by atoms with van der Waals surface area (Å²) in [5, 5.41) is 0. The van der Waals surface area contributed by atoms with Gasteiger partial charge in [0.2, 0.25) is 0 Å². The van der Waals surface area contributed by atoms with Gasteiger partial charge in [-0.3, -0.25) is 0 Å². The molecule has 740 valence electrons. The Hall–Kier alpha value is -3.64. The van der Waals surface area contributed by atoms with Gasteiger partial charge in [-0.05, 0) is 101 Å². The molecular weight excluding hydrogens is 1670 g/mol. The largest absolute Gasteiger partial charge is 2.00 e. The van der Waals surface area contributed by atoms with E-state index in [1.165, 1.54) is 435 Å². The average molecular weight is 1870 g/mol. The molecule has 0 atom stereocenters. The zero-order valence-electron chi connectivity index (χ0n) is 83.1. The number of carbonyl (C=O) groups is 4. The number of hydrogen-bond donors (Lipinski definition) is 0. The van der Waals surface area contributed by atoms with Crippen LogP contribution in [0, 0.1) is 0 Å². The van der Waals surface area contributed by atoms with E-state index in [1.54, 1.807) is 0 Å². The third-order valence-corrected chi connectivity index (χ3v) is 27.3. The third kappa shape index (κ3) is 80.2. The van der Waals surface area contributed by atoms with E-state index in [9.17, 15) is 45.1 Å². The molecule has 0 N–H and O–H groups in total. The molecule has 0 saturated carbocycles. The molecule has 0 heterocycles. The molecule has 0 bridgehead atoms. The minimum atomic E-state index is -5.02. The van der Waals surface area contributed by atoms with Crippen LogP contribution in [0.15, 0.2) is 96.8 Å². The summed E-state index contributed by atoms with van der Waals surface area (Å²) in [6.07, 6.45) is 114. The fourth-order valence-corrected chi connectivity index (χ4v) is 18.9. The van der Waals surface area contributed by atoms with Crippen molar-refractivity contribution in [2.45, 2.75) is 549 Å². The van der Waals surface area contributed by atoms with Gasteiger partial charge in [-0.25, -0.2) is 36.0 Å². The van der Waals surface area contributed by atoms with Gasteiger partial charge >= 0.3 is 61.6 Å². The van der Waals surface area contributed by atoms with Crippen LogP contribution in [0.1, 0.15) is 581 Å². The van der Waals surface area contributed by atoms with E-state index in [2.05, 4.69) is 26.3 Å². The first-order valence-electron chi connectivity index (χ1n) is 53.9. The Kier molecular flexibility index (Phi) is 93.3. The maximum atomic E-state index is 13.1. The monoisotopic (exact) mass is 1870 g/mol. The van der Waals surface area contributed by atoms with Gasteiger partial charge in [0.1, 0.15) is 20.2 Å². The molecule has 0 radical (unpaired) electrons. The number of allylic oxidation sites excluding steroid dienone is 4. The van der Waals surface area contributed by atoms with Crippen LogP contribution in [0.25, 0.3) is 0 Å². The van der Waals surface area contributed by atoms with Gasteiger partial charge in [-0.2, -0.15) is 0 Å². The quantitative estimate of drug-likeness (QED) is 0.0150. The van der Waals surface area contributed by atoms with Crippen molar-refractivity contribution in [1.82, 2.24) is 0 Å². The fourth-order valence-electron chi connectivity index (χ4n) is 17.5. The van der Waals surface area contributed by atoms with Gasteiger partial charge in [-0.1, -0.05) is 499 Å². The Bertz CT molecular complexity index is 2960. The molecule has 0 aromatic heterocycles. The van der Waals surface area contributed by atoms with Gasteiger partial charge in [0.15, 0.2) is 0 Å². The first kappa shape index (κ1) is 125. The number of rotatable bonds is 98. The molecule has 17 heteroatoms. The Labute approximate surface area is 824 Å². The molecule has 0 spiro atoms. The van der Waals surface area contributed by atoms with Crippen molar-refractivity contribution in [1.29, 1.82) is 0 Å². The molecule has 2 aromatic rings. The second-order valence-electron chi connectivity index (χ2n) is 37.4. The summed E-state index contributed by atoms with van der Waals surface area (Å²) in [6.45, 7) is 15.7. The zero-order valence-corrected chi connectivity index (χ0v) is 86.9. The third-order valence-electron chi connectivity index (χ3n) is 25.6. The minimum absolute atomic E-state index is 0. The number of hydrogen-bond acceptors (Lipinski definition) is 14. The van der Waals surface area contributed by atoms with Crippen molar-refractivity contribution in [3.63, 3.8) is 0 Å². The van der Waals surface area contributed by atoms with E-state index >= 15 is 0 Å². The van der Waals surface area contributed by atoms with E-state index in [-0.39, 0.29) is 75.3 Å². The van der Waals surface area contributed by atoms with E-state index in [0.29, 0.717) is 25.7 Å². The summed E-state index contributed by atoms with van der Waals surface area (Å²) in [6, 6.07) is 7.31. The first-order valence-corrected chi connectivity index (χ1v) is 56.8. The van der Waals surface area contributed by atoms with Gasteiger partial charge in [0.05, 0.1) is 58.5 Å². The SMILES string of the molecule is C=CCCCCCCCCCCCCCCCCCCCCCCOC(=O)c1cccc(S(=O)(=O)[O-])c1C(=O)OCCCCCCCCCCCCCCCCCCCCCCC=C.C=CCCCCCCCCCCCCCCCCCCCCCCOC(=O)c1cccc(S(=O)(=O)[O-])c1C(=O)OCCCCCCCCCCCCCCCCCCCCCCC=C.[Ca+2]. The van der Waals surface area contributed by atoms with Gasteiger partial charge in [0, 0.05) is 0 Å². The van der Waals surface area contributed by atoms with Crippen molar-refractivity contribution < 1.29 is 64.1 Å².